The molecule has 0 aliphatic carbocycles. The van der Waals surface area contributed by atoms with Gasteiger partial charge in [-0.25, -0.2) is 17.9 Å². The summed E-state index contributed by atoms with van der Waals surface area (Å²) in [5.41, 5.74) is 4.82. The largest absolute Gasteiger partial charge is 0.478 e. The number of anilines is 1. The normalized spacial score (nSPS) is 12.3. The SMILES string of the molecule is Nc1cc(C(=O)O)ccc1S(=O)(=O)NCCC(F)(F)F. The van der Waals surface area contributed by atoms with Crippen molar-refractivity contribution in [3.05, 3.63) is 23.8 Å². The maximum atomic E-state index is 11.9. The molecule has 0 amide bonds. The third-order valence-electron chi connectivity index (χ3n) is 2.25. The van der Waals surface area contributed by atoms with E-state index in [4.69, 9.17) is 10.8 Å². The first-order valence-corrected chi connectivity index (χ1v) is 6.70. The van der Waals surface area contributed by atoms with E-state index in [0.717, 1.165) is 18.2 Å². The molecule has 0 spiro atoms. The van der Waals surface area contributed by atoms with E-state index in [0.29, 0.717) is 0 Å². The molecule has 6 nitrogen and oxygen atoms in total. The summed E-state index contributed by atoms with van der Waals surface area (Å²) in [5.74, 6) is -1.30. The van der Waals surface area contributed by atoms with E-state index in [9.17, 15) is 26.4 Å². The fourth-order valence-electron chi connectivity index (χ4n) is 1.33. The first kappa shape index (κ1) is 16.2. The molecule has 0 aliphatic heterocycles. The predicted molar refractivity (Wildman–Crippen MR) is 63.7 cm³/mol. The summed E-state index contributed by atoms with van der Waals surface area (Å²) >= 11 is 0. The summed E-state index contributed by atoms with van der Waals surface area (Å²) in [6.07, 6.45) is -5.80. The van der Waals surface area contributed by atoms with Crippen LogP contribution in [-0.4, -0.2) is 32.2 Å². The maximum absolute atomic E-state index is 11.9. The van der Waals surface area contributed by atoms with E-state index in [1.807, 2.05) is 0 Å². The fraction of sp³-hybridized carbons (Fsp3) is 0.300. The van der Waals surface area contributed by atoms with Crippen LogP contribution < -0.4 is 10.5 Å². The van der Waals surface area contributed by atoms with E-state index >= 15 is 0 Å². The second-order valence-electron chi connectivity index (χ2n) is 3.82. The lowest BCUT2D eigenvalue weighted by molar-refractivity contribution is -0.132. The van der Waals surface area contributed by atoms with Crippen molar-refractivity contribution < 1.29 is 31.5 Å². The lowest BCUT2D eigenvalue weighted by atomic mass is 10.2. The van der Waals surface area contributed by atoms with Gasteiger partial charge < -0.3 is 10.8 Å². The van der Waals surface area contributed by atoms with Crippen LogP contribution in [-0.2, 0) is 10.0 Å². The molecule has 1 aromatic carbocycles. The van der Waals surface area contributed by atoms with Gasteiger partial charge in [0.15, 0.2) is 0 Å². The smallest absolute Gasteiger partial charge is 0.390 e. The number of nitrogens with two attached hydrogens (primary N) is 1. The van der Waals surface area contributed by atoms with Gasteiger partial charge in [-0.05, 0) is 18.2 Å². The zero-order valence-electron chi connectivity index (χ0n) is 9.94. The number of carboxylic acid groups (broad SMARTS) is 1. The molecule has 1 rings (SSSR count). The van der Waals surface area contributed by atoms with Crippen LogP contribution in [0, 0.1) is 0 Å². The molecule has 0 atom stereocenters. The Morgan fingerprint density at radius 1 is 1.35 bits per heavy atom. The molecule has 0 saturated heterocycles. The number of alkyl halides is 3. The summed E-state index contributed by atoms with van der Waals surface area (Å²) in [7, 11) is -4.22. The summed E-state index contributed by atoms with van der Waals surface area (Å²) in [4.78, 5) is 10.2. The molecule has 112 valence electrons. The molecular formula is C10H11F3N2O4S. The zero-order valence-corrected chi connectivity index (χ0v) is 10.8. The highest BCUT2D eigenvalue weighted by Gasteiger charge is 2.28. The number of hydrogen-bond acceptors (Lipinski definition) is 4. The Kier molecular flexibility index (Phi) is 4.61. The van der Waals surface area contributed by atoms with Gasteiger partial charge >= 0.3 is 12.1 Å². The van der Waals surface area contributed by atoms with Gasteiger partial charge in [-0.2, -0.15) is 13.2 Å². The van der Waals surface area contributed by atoms with E-state index in [1.165, 1.54) is 0 Å². The minimum absolute atomic E-state index is 0.225. The van der Waals surface area contributed by atoms with Crippen molar-refractivity contribution in [2.75, 3.05) is 12.3 Å². The first-order valence-electron chi connectivity index (χ1n) is 5.22. The van der Waals surface area contributed by atoms with Gasteiger partial charge in [0.25, 0.3) is 0 Å². The quantitative estimate of drug-likeness (QED) is 0.708. The van der Waals surface area contributed by atoms with E-state index < -0.39 is 40.0 Å². The summed E-state index contributed by atoms with van der Waals surface area (Å²) in [6.45, 7) is -0.827. The third kappa shape index (κ3) is 4.38. The van der Waals surface area contributed by atoms with E-state index in [-0.39, 0.29) is 11.3 Å². The fourth-order valence-corrected chi connectivity index (χ4v) is 2.47. The number of aromatic carboxylic acids is 1. The van der Waals surface area contributed by atoms with Crippen molar-refractivity contribution in [3.63, 3.8) is 0 Å². The van der Waals surface area contributed by atoms with Crippen molar-refractivity contribution in [1.82, 2.24) is 4.72 Å². The molecule has 0 unspecified atom stereocenters. The Hall–Kier alpha value is -1.81. The maximum Gasteiger partial charge on any atom is 0.390 e. The molecule has 0 aliphatic rings. The van der Waals surface area contributed by atoms with Crippen LogP contribution in [0.2, 0.25) is 0 Å². The van der Waals surface area contributed by atoms with E-state index in [2.05, 4.69) is 0 Å². The monoisotopic (exact) mass is 312 g/mol. The Bertz CT molecular complexity index is 613. The predicted octanol–water partition coefficient (Wildman–Crippen LogP) is 1.20. The molecule has 0 fully saturated rings. The summed E-state index contributed by atoms with van der Waals surface area (Å²) < 4.78 is 61.0. The van der Waals surface area contributed by atoms with Crippen LogP contribution >= 0.6 is 0 Å². The van der Waals surface area contributed by atoms with Gasteiger partial charge in [0.1, 0.15) is 4.90 Å². The lowest BCUT2D eigenvalue weighted by Crippen LogP contribution is -2.28. The number of sulfonamides is 1. The molecule has 20 heavy (non-hydrogen) atoms. The van der Waals surface area contributed by atoms with Gasteiger partial charge in [-0.1, -0.05) is 0 Å². The molecule has 0 aromatic heterocycles. The van der Waals surface area contributed by atoms with Gasteiger partial charge in [0.2, 0.25) is 10.0 Å². The Morgan fingerprint density at radius 2 is 1.95 bits per heavy atom. The van der Waals surface area contributed by atoms with E-state index in [1.54, 1.807) is 4.72 Å². The lowest BCUT2D eigenvalue weighted by Gasteiger charge is -2.10. The van der Waals surface area contributed by atoms with Gasteiger partial charge in [-0.3, -0.25) is 0 Å². The average Bonchev–Trinajstić information content (AvgIpc) is 2.26. The first-order chi connectivity index (χ1) is 9.03. The second-order valence-corrected chi connectivity index (χ2v) is 5.56. The van der Waals surface area contributed by atoms with Crippen LogP contribution in [0.5, 0.6) is 0 Å². The van der Waals surface area contributed by atoms with Gasteiger partial charge in [-0.15, -0.1) is 0 Å². The highest BCUT2D eigenvalue weighted by molar-refractivity contribution is 7.89. The molecule has 1 aromatic rings. The molecule has 0 heterocycles. The molecule has 4 N–H and O–H groups in total. The van der Waals surface area contributed by atoms with Crippen molar-refractivity contribution in [1.29, 1.82) is 0 Å². The molecule has 0 saturated carbocycles. The second kappa shape index (κ2) is 5.67. The Labute approximate surface area is 112 Å². The number of nitrogens with one attached hydrogen (secondary N) is 1. The Morgan fingerprint density at radius 3 is 2.40 bits per heavy atom. The van der Waals surface area contributed by atoms with Crippen LogP contribution in [0.3, 0.4) is 0 Å². The van der Waals surface area contributed by atoms with Crippen LogP contribution in [0.1, 0.15) is 16.8 Å². The van der Waals surface area contributed by atoms with Crippen LogP contribution in [0.15, 0.2) is 23.1 Å². The molecular weight excluding hydrogens is 301 g/mol. The number of carbonyl (C=O) groups is 1. The van der Waals surface area contributed by atoms with Gasteiger partial charge in [0.05, 0.1) is 17.7 Å². The number of benzene rings is 1. The Balaban J connectivity index is 2.91. The van der Waals surface area contributed by atoms with Crippen molar-refractivity contribution in [2.24, 2.45) is 0 Å². The number of halogens is 3. The molecule has 0 radical (unpaired) electrons. The number of hydrogen-bond donors (Lipinski definition) is 3. The standard InChI is InChI=1S/C10H11F3N2O4S/c11-10(12,13)3-4-15-20(18,19)8-2-1-6(9(16)17)5-7(8)14/h1-2,5,15H,3-4,14H2,(H,16,17). The highest BCUT2D eigenvalue weighted by Crippen LogP contribution is 2.21. The topological polar surface area (TPSA) is 109 Å². The van der Waals surface area contributed by atoms with Crippen LogP contribution in [0.25, 0.3) is 0 Å². The molecule has 10 heteroatoms. The summed E-state index contributed by atoms with van der Waals surface area (Å²) in [5, 5.41) is 8.69. The van der Waals surface area contributed by atoms with Crippen molar-refractivity contribution >= 4 is 21.7 Å². The number of rotatable bonds is 5. The highest BCUT2D eigenvalue weighted by atomic mass is 32.2. The summed E-state index contributed by atoms with van der Waals surface area (Å²) in [6, 6.07) is 2.84. The number of carboxylic acids is 1. The van der Waals surface area contributed by atoms with Crippen LogP contribution in [0.4, 0.5) is 18.9 Å². The van der Waals surface area contributed by atoms with Gasteiger partial charge in [0, 0.05) is 6.54 Å². The third-order valence-corrected chi connectivity index (χ3v) is 3.78. The van der Waals surface area contributed by atoms with Crippen molar-refractivity contribution in [2.45, 2.75) is 17.5 Å². The minimum atomic E-state index is -4.48. The number of nitrogen functional groups attached to an aromatic ring is 1. The zero-order chi connectivity index (χ0) is 15.6. The average molecular weight is 312 g/mol. The minimum Gasteiger partial charge on any atom is -0.478 e. The van der Waals surface area contributed by atoms with Crippen molar-refractivity contribution in [3.8, 4) is 0 Å². The molecule has 0 bridgehead atoms.